The van der Waals surface area contributed by atoms with Gasteiger partial charge in [0.05, 0.1) is 25.3 Å². The zero-order chi connectivity index (χ0) is 23.6. The summed E-state index contributed by atoms with van der Waals surface area (Å²) in [7, 11) is 0. The molecule has 0 radical (unpaired) electrons. The molecule has 0 bridgehead atoms. The number of nitrogens with zero attached hydrogens (tertiary/aromatic N) is 3. The minimum atomic E-state index is -4.43. The molecule has 0 aliphatic rings. The standard InChI is InChI=1S/C24H21F3N4O2/c1-15(18-8-10-19(11-9-18)24(25,26)27)20-21-22(23(32)29-16(2)28-21)31(30-20)12-13-33-14-17-6-4-3-5-7-17/h3-11H,1,12-14H2,2H3,(H,28,29,32). The second-order valence-electron chi connectivity index (χ2n) is 7.51. The molecule has 0 saturated heterocycles. The van der Waals surface area contributed by atoms with Gasteiger partial charge < -0.3 is 9.72 Å². The largest absolute Gasteiger partial charge is 0.416 e. The van der Waals surface area contributed by atoms with Crippen molar-refractivity contribution in [1.29, 1.82) is 0 Å². The van der Waals surface area contributed by atoms with Gasteiger partial charge in [0.2, 0.25) is 0 Å². The quantitative estimate of drug-likeness (QED) is 0.410. The van der Waals surface area contributed by atoms with Gasteiger partial charge in [-0.2, -0.15) is 18.3 Å². The third kappa shape index (κ3) is 4.88. The Bertz CT molecular complexity index is 1340. The lowest BCUT2D eigenvalue weighted by molar-refractivity contribution is -0.137. The molecule has 1 N–H and O–H groups in total. The first-order valence-corrected chi connectivity index (χ1v) is 10.2. The maximum Gasteiger partial charge on any atom is 0.416 e. The molecule has 0 amide bonds. The highest BCUT2D eigenvalue weighted by Crippen LogP contribution is 2.31. The zero-order valence-corrected chi connectivity index (χ0v) is 17.8. The Kier molecular flexibility index (Phi) is 6.15. The van der Waals surface area contributed by atoms with Crippen molar-refractivity contribution in [1.82, 2.24) is 19.7 Å². The third-order valence-corrected chi connectivity index (χ3v) is 5.12. The maximum absolute atomic E-state index is 12.9. The highest BCUT2D eigenvalue weighted by atomic mass is 19.4. The summed E-state index contributed by atoms with van der Waals surface area (Å²) in [5, 5.41) is 4.52. The minimum absolute atomic E-state index is 0.256. The summed E-state index contributed by atoms with van der Waals surface area (Å²) < 4.78 is 45.9. The van der Waals surface area contributed by atoms with Crippen molar-refractivity contribution < 1.29 is 17.9 Å². The van der Waals surface area contributed by atoms with E-state index in [4.69, 9.17) is 4.74 Å². The molecular formula is C24H21F3N4O2. The number of hydrogen-bond acceptors (Lipinski definition) is 4. The highest BCUT2D eigenvalue weighted by Gasteiger charge is 2.30. The Balaban J connectivity index is 1.61. The van der Waals surface area contributed by atoms with Crippen LogP contribution in [0.2, 0.25) is 0 Å². The molecule has 33 heavy (non-hydrogen) atoms. The summed E-state index contributed by atoms with van der Waals surface area (Å²) in [5.41, 5.74) is 1.66. The number of rotatable bonds is 7. The Morgan fingerprint density at radius 3 is 2.48 bits per heavy atom. The minimum Gasteiger partial charge on any atom is -0.375 e. The van der Waals surface area contributed by atoms with Gasteiger partial charge in [-0.1, -0.05) is 49.0 Å². The second kappa shape index (κ2) is 9.03. The van der Waals surface area contributed by atoms with Crippen LogP contribution in [-0.2, 0) is 24.1 Å². The number of aromatic amines is 1. The summed E-state index contributed by atoms with van der Waals surface area (Å²) in [6.45, 7) is 6.65. The number of alkyl halides is 3. The number of aromatic nitrogens is 4. The zero-order valence-electron chi connectivity index (χ0n) is 17.8. The van der Waals surface area contributed by atoms with Gasteiger partial charge in [0.15, 0.2) is 5.52 Å². The number of aryl methyl sites for hydroxylation is 1. The van der Waals surface area contributed by atoms with Crippen molar-refractivity contribution in [2.75, 3.05) is 6.61 Å². The van der Waals surface area contributed by atoms with Crippen LogP contribution in [0.1, 0.15) is 28.2 Å². The van der Waals surface area contributed by atoms with E-state index in [1.54, 1.807) is 6.92 Å². The normalized spacial score (nSPS) is 11.8. The summed E-state index contributed by atoms with van der Waals surface area (Å²) in [5.74, 6) is 0.397. The van der Waals surface area contributed by atoms with E-state index in [1.807, 2.05) is 30.3 Å². The van der Waals surface area contributed by atoms with Gasteiger partial charge in [-0.3, -0.25) is 9.48 Å². The molecule has 0 saturated carbocycles. The first kappa shape index (κ1) is 22.5. The van der Waals surface area contributed by atoms with Crippen LogP contribution in [0.15, 0.2) is 66.0 Å². The lowest BCUT2D eigenvalue weighted by Crippen LogP contribution is -2.16. The number of nitrogens with one attached hydrogen (secondary N) is 1. The Labute approximate surface area is 187 Å². The molecule has 0 fully saturated rings. The van der Waals surface area contributed by atoms with Crippen LogP contribution in [-0.4, -0.2) is 26.4 Å². The fourth-order valence-electron chi connectivity index (χ4n) is 3.48. The molecular weight excluding hydrogens is 433 g/mol. The summed E-state index contributed by atoms with van der Waals surface area (Å²) in [6.07, 6.45) is -4.43. The van der Waals surface area contributed by atoms with Crippen LogP contribution in [0, 0.1) is 6.92 Å². The van der Waals surface area contributed by atoms with Gasteiger partial charge in [-0.25, -0.2) is 4.98 Å². The van der Waals surface area contributed by atoms with Gasteiger partial charge in [0.1, 0.15) is 17.0 Å². The van der Waals surface area contributed by atoms with Crippen molar-refractivity contribution in [2.45, 2.75) is 26.3 Å². The van der Waals surface area contributed by atoms with E-state index < -0.39 is 11.7 Å². The van der Waals surface area contributed by atoms with Gasteiger partial charge in [-0.15, -0.1) is 0 Å². The van der Waals surface area contributed by atoms with Crippen molar-refractivity contribution in [3.63, 3.8) is 0 Å². The van der Waals surface area contributed by atoms with Crippen LogP contribution >= 0.6 is 0 Å². The van der Waals surface area contributed by atoms with E-state index >= 15 is 0 Å². The number of fused-ring (bicyclic) bond motifs is 1. The van der Waals surface area contributed by atoms with E-state index in [0.717, 1.165) is 17.7 Å². The number of halogens is 3. The highest BCUT2D eigenvalue weighted by molar-refractivity contribution is 5.91. The Morgan fingerprint density at radius 1 is 1.12 bits per heavy atom. The fraction of sp³-hybridized carbons (Fsp3) is 0.208. The predicted molar refractivity (Wildman–Crippen MR) is 119 cm³/mol. The first-order valence-electron chi connectivity index (χ1n) is 10.2. The Hall–Kier alpha value is -3.72. The molecule has 0 aliphatic carbocycles. The topological polar surface area (TPSA) is 72.8 Å². The fourth-order valence-corrected chi connectivity index (χ4v) is 3.48. The van der Waals surface area contributed by atoms with E-state index in [9.17, 15) is 18.0 Å². The number of hydrogen-bond donors (Lipinski definition) is 1. The van der Waals surface area contributed by atoms with Crippen LogP contribution in [0.5, 0.6) is 0 Å². The molecule has 170 valence electrons. The average molecular weight is 454 g/mol. The molecule has 0 unspecified atom stereocenters. The van der Waals surface area contributed by atoms with Crippen LogP contribution in [0.4, 0.5) is 13.2 Å². The second-order valence-corrected chi connectivity index (χ2v) is 7.51. The van der Waals surface area contributed by atoms with Crippen molar-refractivity contribution in [3.8, 4) is 0 Å². The SMILES string of the molecule is C=C(c1ccc(C(F)(F)F)cc1)c1nn(CCOCc2ccccc2)c2c(=O)[nH]c(C)nc12. The maximum atomic E-state index is 12.9. The molecule has 2 aromatic heterocycles. The smallest absolute Gasteiger partial charge is 0.375 e. The molecule has 6 nitrogen and oxygen atoms in total. The molecule has 0 aliphatic heterocycles. The molecule has 4 rings (SSSR count). The van der Waals surface area contributed by atoms with Gasteiger partial charge >= 0.3 is 6.18 Å². The molecule has 9 heteroatoms. The van der Waals surface area contributed by atoms with Crippen molar-refractivity contribution in [2.24, 2.45) is 0 Å². The molecule has 2 heterocycles. The van der Waals surface area contributed by atoms with Gasteiger partial charge in [0, 0.05) is 5.57 Å². The van der Waals surface area contributed by atoms with Crippen LogP contribution in [0.3, 0.4) is 0 Å². The summed E-state index contributed by atoms with van der Waals surface area (Å²) in [6, 6.07) is 14.3. The predicted octanol–water partition coefficient (Wildman–Crippen LogP) is 4.73. The lowest BCUT2D eigenvalue weighted by atomic mass is 10.0. The summed E-state index contributed by atoms with van der Waals surface area (Å²) in [4.78, 5) is 19.7. The molecule has 2 aromatic carbocycles. The van der Waals surface area contributed by atoms with E-state index in [-0.39, 0.29) is 17.6 Å². The molecule has 0 atom stereocenters. The number of ether oxygens (including phenoxy) is 1. The van der Waals surface area contributed by atoms with E-state index in [1.165, 1.54) is 16.8 Å². The third-order valence-electron chi connectivity index (χ3n) is 5.12. The molecule has 4 aromatic rings. The first-order chi connectivity index (χ1) is 15.7. The Morgan fingerprint density at radius 2 is 1.82 bits per heavy atom. The van der Waals surface area contributed by atoms with Gasteiger partial charge in [-0.05, 0) is 30.2 Å². The number of H-pyrrole nitrogens is 1. The van der Waals surface area contributed by atoms with Crippen LogP contribution in [0.25, 0.3) is 16.6 Å². The van der Waals surface area contributed by atoms with E-state index in [0.29, 0.717) is 41.4 Å². The summed E-state index contributed by atoms with van der Waals surface area (Å²) >= 11 is 0. The molecule has 0 spiro atoms. The van der Waals surface area contributed by atoms with Gasteiger partial charge in [0.25, 0.3) is 5.56 Å². The number of benzene rings is 2. The van der Waals surface area contributed by atoms with E-state index in [2.05, 4.69) is 21.6 Å². The van der Waals surface area contributed by atoms with Crippen molar-refractivity contribution in [3.05, 3.63) is 99.7 Å². The average Bonchev–Trinajstić information content (AvgIpc) is 3.15. The van der Waals surface area contributed by atoms with Crippen molar-refractivity contribution >= 4 is 16.6 Å². The lowest BCUT2D eigenvalue weighted by Gasteiger charge is -2.08. The monoisotopic (exact) mass is 454 g/mol. The van der Waals surface area contributed by atoms with Crippen LogP contribution < -0.4 is 5.56 Å².